The lowest BCUT2D eigenvalue weighted by molar-refractivity contribution is -0.123. The average molecular weight is 338 g/mol. The monoisotopic (exact) mass is 337 g/mol. The predicted molar refractivity (Wildman–Crippen MR) is 86.6 cm³/mol. The van der Waals surface area contributed by atoms with Crippen LogP contribution in [0.3, 0.4) is 0 Å². The summed E-state index contributed by atoms with van der Waals surface area (Å²) in [5.74, 6) is 0.247. The molecule has 2 aromatic rings. The van der Waals surface area contributed by atoms with E-state index >= 15 is 0 Å². The van der Waals surface area contributed by atoms with Crippen LogP contribution in [-0.2, 0) is 4.79 Å². The maximum atomic E-state index is 12.9. The van der Waals surface area contributed by atoms with Crippen molar-refractivity contribution in [1.29, 1.82) is 0 Å². The summed E-state index contributed by atoms with van der Waals surface area (Å²) in [4.78, 5) is 11.6. The van der Waals surface area contributed by atoms with Gasteiger partial charge in [-0.15, -0.1) is 0 Å². The zero-order valence-corrected chi connectivity index (χ0v) is 13.4. The van der Waals surface area contributed by atoms with Gasteiger partial charge in [0.15, 0.2) is 6.61 Å². The zero-order chi connectivity index (χ0) is 16.7. The second-order valence-corrected chi connectivity index (χ2v) is 5.28. The molecule has 0 atom stereocenters. The van der Waals surface area contributed by atoms with Crippen molar-refractivity contribution in [1.82, 2.24) is 5.32 Å². The largest absolute Gasteiger partial charge is 0.492 e. The van der Waals surface area contributed by atoms with Crippen LogP contribution >= 0.6 is 11.6 Å². The Balaban J connectivity index is 1.66. The van der Waals surface area contributed by atoms with E-state index in [4.69, 9.17) is 21.1 Å². The molecule has 0 radical (unpaired) electrons. The fourth-order valence-electron chi connectivity index (χ4n) is 1.78. The number of hydrogen-bond donors (Lipinski definition) is 1. The molecule has 0 aliphatic heterocycles. The normalized spacial score (nSPS) is 10.2. The molecule has 1 amide bonds. The molecule has 0 fully saturated rings. The van der Waals surface area contributed by atoms with Crippen molar-refractivity contribution in [2.24, 2.45) is 0 Å². The Morgan fingerprint density at radius 1 is 1.17 bits per heavy atom. The highest BCUT2D eigenvalue weighted by molar-refractivity contribution is 6.32. The van der Waals surface area contributed by atoms with E-state index in [1.807, 2.05) is 31.2 Å². The standard InChI is InChI=1S/C17H17ClFNO3/c1-12-2-5-14(6-3-12)22-9-8-20-17(21)11-23-16-7-4-13(19)10-15(16)18/h2-7,10H,8-9,11H2,1H3,(H,20,21). The van der Waals surface area contributed by atoms with Crippen LogP contribution in [0.1, 0.15) is 5.56 Å². The molecule has 0 unspecified atom stereocenters. The number of hydrogen-bond acceptors (Lipinski definition) is 3. The minimum Gasteiger partial charge on any atom is -0.492 e. The summed E-state index contributed by atoms with van der Waals surface area (Å²) in [7, 11) is 0. The van der Waals surface area contributed by atoms with Crippen LogP contribution in [0.5, 0.6) is 11.5 Å². The first-order chi connectivity index (χ1) is 11.0. The van der Waals surface area contributed by atoms with Crippen LogP contribution in [0.25, 0.3) is 0 Å². The highest BCUT2D eigenvalue weighted by atomic mass is 35.5. The van der Waals surface area contributed by atoms with Crippen molar-refractivity contribution in [3.8, 4) is 11.5 Å². The van der Waals surface area contributed by atoms with Gasteiger partial charge in [0.25, 0.3) is 5.91 Å². The number of amides is 1. The van der Waals surface area contributed by atoms with Gasteiger partial charge in [-0.05, 0) is 37.3 Å². The molecule has 0 heterocycles. The summed E-state index contributed by atoms with van der Waals surface area (Å²) in [6, 6.07) is 11.4. The zero-order valence-electron chi connectivity index (χ0n) is 12.6. The van der Waals surface area contributed by atoms with Gasteiger partial charge in [-0.3, -0.25) is 4.79 Å². The Kier molecular flexibility index (Phi) is 6.23. The Bertz CT molecular complexity index is 661. The molecule has 0 aliphatic carbocycles. The maximum absolute atomic E-state index is 12.9. The van der Waals surface area contributed by atoms with Gasteiger partial charge in [0, 0.05) is 0 Å². The van der Waals surface area contributed by atoms with E-state index in [0.29, 0.717) is 13.2 Å². The topological polar surface area (TPSA) is 47.6 Å². The number of carbonyl (C=O) groups excluding carboxylic acids is 1. The summed E-state index contributed by atoms with van der Waals surface area (Å²) in [5, 5.41) is 2.78. The molecule has 6 heteroatoms. The summed E-state index contributed by atoms with van der Waals surface area (Å²) >= 11 is 5.80. The smallest absolute Gasteiger partial charge is 0.258 e. The maximum Gasteiger partial charge on any atom is 0.258 e. The number of aryl methyl sites for hydroxylation is 1. The van der Waals surface area contributed by atoms with Crippen LogP contribution in [0, 0.1) is 12.7 Å². The highest BCUT2D eigenvalue weighted by Gasteiger charge is 2.06. The molecule has 0 saturated carbocycles. The molecule has 2 aromatic carbocycles. The van der Waals surface area contributed by atoms with Gasteiger partial charge in [-0.1, -0.05) is 29.3 Å². The SMILES string of the molecule is Cc1ccc(OCCNC(=O)COc2ccc(F)cc2Cl)cc1. The Morgan fingerprint density at radius 3 is 2.61 bits per heavy atom. The van der Waals surface area contributed by atoms with E-state index in [1.54, 1.807) is 0 Å². The molecule has 0 bridgehead atoms. The average Bonchev–Trinajstić information content (AvgIpc) is 2.52. The van der Waals surface area contributed by atoms with Crippen LogP contribution in [-0.4, -0.2) is 25.7 Å². The fourth-order valence-corrected chi connectivity index (χ4v) is 2.00. The molecule has 23 heavy (non-hydrogen) atoms. The predicted octanol–water partition coefficient (Wildman–Crippen LogP) is 3.36. The van der Waals surface area contributed by atoms with Gasteiger partial charge < -0.3 is 14.8 Å². The van der Waals surface area contributed by atoms with Crippen molar-refractivity contribution in [2.75, 3.05) is 19.8 Å². The van der Waals surface area contributed by atoms with Gasteiger partial charge in [-0.25, -0.2) is 4.39 Å². The molecule has 0 spiro atoms. The molecular weight excluding hydrogens is 321 g/mol. The lowest BCUT2D eigenvalue weighted by Crippen LogP contribution is -2.32. The van der Waals surface area contributed by atoms with E-state index in [9.17, 15) is 9.18 Å². The van der Waals surface area contributed by atoms with Crippen molar-refractivity contribution in [3.63, 3.8) is 0 Å². The quantitative estimate of drug-likeness (QED) is 0.788. The van der Waals surface area contributed by atoms with Crippen LogP contribution < -0.4 is 14.8 Å². The Morgan fingerprint density at radius 2 is 1.91 bits per heavy atom. The summed E-state index contributed by atoms with van der Waals surface area (Å²) in [5.41, 5.74) is 1.15. The fraction of sp³-hybridized carbons (Fsp3) is 0.235. The molecule has 4 nitrogen and oxygen atoms in total. The lowest BCUT2D eigenvalue weighted by Gasteiger charge is -2.10. The van der Waals surface area contributed by atoms with Crippen molar-refractivity contribution < 1.29 is 18.7 Å². The second kappa shape index (κ2) is 8.39. The van der Waals surface area contributed by atoms with E-state index in [-0.39, 0.29) is 23.3 Å². The van der Waals surface area contributed by atoms with Gasteiger partial charge in [0.2, 0.25) is 0 Å². The van der Waals surface area contributed by atoms with E-state index in [2.05, 4.69) is 5.32 Å². The molecule has 122 valence electrons. The van der Waals surface area contributed by atoms with Gasteiger partial charge in [0.1, 0.15) is 23.9 Å². The van der Waals surface area contributed by atoms with E-state index in [0.717, 1.165) is 17.4 Å². The van der Waals surface area contributed by atoms with E-state index in [1.165, 1.54) is 12.1 Å². The highest BCUT2D eigenvalue weighted by Crippen LogP contribution is 2.24. The first-order valence-electron chi connectivity index (χ1n) is 7.08. The van der Waals surface area contributed by atoms with Gasteiger partial charge >= 0.3 is 0 Å². The second-order valence-electron chi connectivity index (χ2n) is 4.87. The lowest BCUT2D eigenvalue weighted by atomic mass is 10.2. The first-order valence-corrected chi connectivity index (χ1v) is 7.46. The van der Waals surface area contributed by atoms with Crippen molar-refractivity contribution in [3.05, 3.63) is 58.9 Å². The van der Waals surface area contributed by atoms with Gasteiger partial charge in [-0.2, -0.15) is 0 Å². The number of rotatable bonds is 7. The number of ether oxygens (including phenoxy) is 2. The van der Waals surface area contributed by atoms with Crippen LogP contribution in [0.4, 0.5) is 4.39 Å². The molecule has 1 N–H and O–H groups in total. The van der Waals surface area contributed by atoms with Crippen molar-refractivity contribution in [2.45, 2.75) is 6.92 Å². The minimum atomic E-state index is -0.458. The summed E-state index contributed by atoms with van der Waals surface area (Å²) < 4.78 is 23.6. The van der Waals surface area contributed by atoms with E-state index < -0.39 is 5.82 Å². The number of halogens is 2. The number of carbonyl (C=O) groups is 1. The third-order valence-corrected chi connectivity index (χ3v) is 3.26. The first kappa shape index (κ1) is 17.1. The molecule has 0 saturated heterocycles. The molecule has 0 aromatic heterocycles. The molecular formula is C17H17ClFNO3. The summed E-state index contributed by atoms with van der Waals surface area (Å²) in [6.45, 7) is 2.51. The Labute approximate surface area is 139 Å². The third-order valence-electron chi connectivity index (χ3n) is 2.97. The third kappa shape index (κ3) is 5.79. The van der Waals surface area contributed by atoms with Crippen molar-refractivity contribution >= 4 is 17.5 Å². The minimum absolute atomic E-state index is 0.125. The summed E-state index contributed by atoms with van der Waals surface area (Å²) in [6.07, 6.45) is 0. The molecule has 2 rings (SSSR count). The molecule has 0 aliphatic rings. The van der Waals surface area contributed by atoms with Crippen LogP contribution in [0.15, 0.2) is 42.5 Å². The number of nitrogens with one attached hydrogen (secondary N) is 1. The number of benzene rings is 2. The van der Waals surface area contributed by atoms with Gasteiger partial charge in [0.05, 0.1) is 11.6 Å². The van der Waals surface area contributed by atoms with Crippen LogP contribution in [0.2, 0.25) is 5.02 Å². The Hall–Kier alpha value is -2.27.